The average Bonchev–Trinajstić information content (AvgIpc) is 2.69. The number of allylic oxidation sites excluding steroid dienone is 2. The van der Waals surface area contributed by atoms with E-state index >= 15 is 0 Å². The van der Waals surface area contributed by atoms with Gasteiger partial charge in [0.25, 0.3) is 0 Å². The molecule has 4 heteroatoms. The van der Waals surface area contributed by atoms with Crippen LogP contribution in [-0.2, 0) is 0 Å². The third-order valence-electron chi connectivity index (χ3n) is 6.70. The van der Waals surface area contributed by atoms with Crippen LogP contribution >= 0.6 is 0 Å². The van der Waals surface area contributed by atoms with E-state index in [1.54, 1.807) is 14.2 Å². The number of hydrogen-bond donors (Lipinski definition) is 0. The van der Waals surface area contributed by atoms with Crippen molar-refractivity contribution >= 4 is 0 Å². The first kappa shape index (κ1) is 22.2. The van der Waals surface area contributed by atoms with E-state index in [4.69, 9.17) is 9.47 Å². The van der Waals surface area contributed by atoms with E-state index in [1.165, 1.54) is 12.0 Å². The van der Waals surface area contributed by atoms with Gasteiger partial charge in [0.15, 0.2) is 5.75 Å². The van der Waals surface area contributed by atoms with Gasteiger partial charge in [-0.25, -0.2) is 0 Å². The Labute approximate surface area is 176 Å². The van der Waals surface area contributed by atoms with Gasteiger partial charge in [-0.2, -0.15) is 0 Å². The summed E-state index contributed by atoms with van der Waals surface area (Å²) < 4.78 is 10.8. The molecule has 0 aliphatic heterocycles. The quantitative estimate of drug-likeness (QED) is 0.601. The van der Waals surface area contributed by atoms with E-state index in [-0.39, 0.29) is 41.5 Å². The van der Waals surface area contributed by atoms with Gasteiger partial charge in [-0.3, -0.25) is 0 Å². The molecule has 1 aromatic carbocycles. The zero-order valence-corrected chi connectivity index (χ0v) is 17.9. The standard InChI is InChI=1S/C23H31O3.Li/c1-15-8-11-19-22(2,3)12-7-13-23(19,4)20(21(15)24)16-9-10-17(25-5)18(14-16)26-6;/h11,14-15,20-21H,7-8,12-13H2,1-6H3;/q-1;+1/t15-,20+,21+,23+;/m0./s1. The maximum atomic E-state index is 13.5. The minimum atomic E-state index is -0.676. The molecule has 142 valence electrons. The molecule has 4 atom stereocenters. The van der Waals surface area contributed by atoms with Crippen molar-refractivity contribution < 1.29 is 33.4 Å². The molecular formula is C23H31LiO3. The Kier molecular flexibility index (Phi) is 6.69. The zero-order chi connectivity index (χ0) is 19.1. The summed E-state index contributed by atoms with van der Waals surface area (Å²) in [5.41, 5.74) is 2.34. The number of hydrogen-bond acceptors (Lipinski definition) is 3. The van der Waals surface area contributed by atoms with E-state index < -0.39 is 6.10 Å². The Bertz CT molecular complexity index is 697. The van der Waals surface area contributed by atoms with E-state index in [2.05, 4.69) is 45.9 Å². The fourth-order valence-electron chi connectivity index (χ4n) is 5.33. The minimum Gasteiger partial charge on any atom is -0.851 e. The number of rotatable bonds is 3. The second-order valence-electron chi connectivity index (χ2n) is 8.88. The third kappa shape index (κ3) is 3.78. The molecule has 0 amide bonds. The van der Waals surface area contributed by atoms with Crippen molar-refractivity contribution in [1.82, 2.24) is 0 Å². The van der Waals surface area contributed by atoms with E-state index in [0.717, 1.165) is 24.8 Å². The Morgan fingerprint density at radius 3 is 2.44 bits per heavy atom. The van der Waals surface area contributed by atoms with Crippen LogP contribution in [0.15, 0.2) is 17.7 Å². The third-order valence-corrected chi connectivity index (χ3v) is 6.70. The maximum Gasteiger partial charge on any atom is 1.00 e. The van der Waals surface area contributed by atoms with Crippen LogP contribution in [0.25, 0.3) is 0 Å². The van der Waals surface area contributed by atoms with Crippen molar-refractivity contribution in [2.45, 2.75) is 65.4 Å². The molecule has 0 radical (unpaired) electrons. The first-order valence-electron chi connectivity index (χ1n) is 9.67. The number of ether oxygens (including phenoxy) is 2. The normalized spacial score (nSPS) is 32.1. The van der Waals surface area contributed by atoms with Gasteiger partial charge in [0.2, 0.25) is 5.75 Å². The van der Waals surface area contributed by atoms with Crippen molar-refractivity contribution in [3.8, 4) is 11.5 Å². The molecule has 2 aliphatic rings. The van der Waals surface area contributed by atoms with Crippen molar-refractivity contribution in [3.05, 3.63) is 35.4 Å². The summed E-state index contributed by atoms with van der Waals surface area (Å²) in [4.78, 5) is 0. The molecule has 27 heavy (non-hydrogen) atoms. The molecule has 1 fully saturated rings. The molecule has 1 saturated carbocycles. The summed E-state index contributed by atoms with van der Waals surface area (Å²) in [6.07, 6.45) is 5.93. The SMILES string of the molecule is COc1c#cc([C@@H]2[C@H]([O-])[C@@H](C)CC=C3C(C)(C)CCC[C@]32C)cc1OC.[Li+]. The average molecular weight is 362 g/mol. The van der Waals surface area contributed by atoms with Crippen LogP contribution in [0.2, 0.25) is 0 Å². The Morgan fingerprint density at radius 1 is 1.11 bits per heavy atom. The molecule has 3 rings (SSSR count). The largest absolute Gasteiger partial charge is 1.00 e. The van der Waals surface area contributed by atoms with E-state index in [1.807, 2.05) is 6.07 Å². The van der Waals surface area contributed by atoms with Crippen LogP contribution < -0.4 is 33.4 Å². The smallest absolute Gasteiger partial charge is 0.851 e. The number of fused-ring (bicyclic) bond motifs is 1. The van der Waals surface area contributed by atoms with Crippen LogP contribution in [-0.4, -0.2) is 20.3 Å². The Balaban J connectivity index is 0.00000261. The molecule has 0 unspecified atom stereocenters. The van der Waals surface area contributed by atoms with E-state index in [9.17, 15) is 5.11 Å². The van der Waals surface area contributed by atoms with Crippen molar-refractivity contribution in [2.24, 2.45) is 16.7 Å². The van der Waals surface area contributed by atoms with Crippen LogP contribution in [0.4, 0.5) is 0 Å². The monoisotopic (exact) mass is 362 g/mol. The molecule has 0 aromatic heterocycles. The van der Waals surface area contributed by atoms with Gasteiger partial charge in [-0.1, -0.05) is 57.7 Å². The van der Waals surface area contributed by atoms with Gasteiger partial charge in [0.1, 0.15) is 0 Å². The van der Waals surface area contributed by atoms with Gasteiger partial charge in [0, 0.05) is 5.56 Å². The topological polar surface area (TPSA) is 41.5 Å². The summed E-state index contributed by atoms with van der Waals surface area (Å²) in [5, 5.41) is 13.5. The van der Waals surface area contributed by atoms with Crippen molar-refractivity contribution in [3.63, 3.8) is 0 Å². The molecule has 1 aromatic rings. The summed E-state index contributed by atoms with van der Waals surface area (Å²) in [5.74, 6) is 1.11. The first-order valence-corrected chi connectivity index (χ1v) is 9.67. The van der Waals surface area contributed by atoms with Gasteiger partial charge in [-0.15, -0.1) is 6.10 Å². The van der Waals surface area contributed by atoms with Gasteiger partial charge < -0.3 is 14.6 Å². The molecule has 0 bridgehead atoms. The second kappa shape index (κ2) is 8.12. The van der Waals surface area contributed by atoms with Crippen LogP contribution in [0.3, 0.4) is 0 Å². The van der Waals surface area contributed by atoms with Gasteiger partial charge in [-0.05, 0) is 48.1 Å². The second-order valence-corrected chi connectivity index (χ2v) is 8.88. The fraction of sp³-hybridized carbons (Fsp3) is 0.652. The minimum absolute atomic E-state index is 0. The molecular weight excluding hydrogens is 331 g/mol. The molecule has 0 saturated heterocycles. The van der Waals surface area contributed by atoms with Crippen LogP contribution in [0.1, 0.15) is 64.9 Å². The molecule has 0 N–H and O–H groups in total. The summed E-state index contributed by atoms with van der Waals surface area (Å²) in [6.45, 7) is 9.03. The van der Waals surface area contributed by atoms with Gasteiger partial charge >= 0.3 is 18.9 Å². The molecule has 0 spiro atoms. The summed E-state index contributed by atoms with van der Waals surface area (Å²) in [6, 6.07) is 8.24. The molecule has 2 aliphatic carbocycles. The maximum absolute atomic E-state index is 13.5. The Morgan fingerprint density at radius 2 is 1.81 bits per heavy atom. The van der Waals surface area contributed by atoms with E-state index in [0.29, 0.717) is 11.5 Å². The zero-order valence-electron chi connectivity index (χ0n) is 17.9. The predicted molar refractivity (Wildman–Crippen MR) is 101 cm³/mol. The molecule has 3 nitrogen and oxygen atoms in total. The summed E-state index contributed by atoms with van der Waals surface area (Å²) in [7, 11) is 3.22. The van der Waals surface area contributed by atoms with Crippen LogP contribution in [0.5, 0.6) is 11.5 Å². The fourth-order valence-corrected chi connectivity index (χ4v) is 5.33. The summed E-state index contributed by atoms with van der Waals surface area (Å²) >= 11 is 0. The molecule has 0 heterocycles. The Hall–Kier alpha value is -1.06. The van der Waals surface area contributed by atoms with Crippen LogP contribution in [0, 0.1) is 28.9 Å². The van der Waals surface area contributed by atoms with Crippen molar-refractivity contribution in [2.75, 3.05) is 14.2 Å². The predicted octanol–water partition coefficient (Wildman–Crippen LogP) is 1.30. The first-order chi connectivity index (χ1) is 12.2. The van der Waals surface area contributed by atoms with Gasteiger partial charge in [0.05, 0.1) is 14.2 Å². The number of methoxy groups -OCH3 is 2. The van der Waals surface area contributed by atoms with Crippen molar-refractivity contribution in [1.29, 1.82) is 0 Å².